The molecule has 1 fully saturated rings. The summed E-state index contributed by atoms with van der Waals surface area (Å²) < 4.78 is 5.27. The minimum absolute atomic E-state index is 0.0204. The Morgan fingerprint density at radius 3 is 2.71 bits per heavy atom. The summed E-state index contributed by atoms with van der Waals surface area (Å²) in [6.07, 6.45) is 3.60. The van der Waals surface area contributed by atoms with Gasteiger partial charge in [0, 0.05) is 26.4 Å². The van der Waals surface area contributed by atoms with Crippen LogP contribution in [0, 0.1) is 0 Å². The van der Waals surface area contributed by atoms with Gasteiger partial charge in [0.05, 0.1) is 11.7 Å². The molecule has 2 N–H and O–H groups in total. The summed E-state index contributed by atoms with van der Waals surface area (Å²) in [6, 6.07) is 3.36. The molecule has 5 nitrogen and oxygen atoms in total. The first kappa shape index (κ1) is 11.9. The predicted molar refractivity (Wildman–Crippen MR) is 64.6 cm³/mol. The lowest BCUT2D eigenvalue weighted by Gasteiger charge is -2.31. The Hall–Kier alpha value is -1.62. The number of nitrogens with two attached hydrogens (primary N) is 1. The van der Waals surface area contributed by atoms with Crippen LogP contribution < -0.4 is 5.73 Å². The molecule has 1 saturated heterocycles. The number of nitrogens with zero attached hydrogens (tertiary/aromatic N) is 2. The maximum absolute atomic E-state index is 12.1. The van der Waals surface area contributed by atoms with Gasteiger partial charge in [-0.3, -0.25) is 4.79 Å². The van der Waals surface area contributed by atoms with E-state index in [1.807, 2.05) is 4.90 Å². The van der Waals surface area contributed by atoms with Gasteiger partial charge in [-0.15, -0.1) is 0 Å². The third-order valence-electron chi connectivity index (χ3n) is 3.10. The topological polar surface area (TPSA) is 68.5 Å². The molecular formula is C12H17N3O2. The molecule has 2 heterocycles. The lowest BCUT2D eigenvalue weighted by Crippen LogP contribution is -2.40. The van der Waals surface area contributed by atoms with Gasteiger partial charge in [-0.25, -0.2) is 4.98 Å². The van der Waals surface area contributed by atoms with Crippen molar-refractivity contribution in [2.24, 2.45) is 0 Å². The average Bonchev–Trinajstić information content (AvgIpc) is 2.39. The van der Waals surface area contributed by atoms with E-state index < -0.39 is 0 Å². The molecule has 2 rings (SSSR count). The molecule has 1 aliphatic rings. The number of nitrogen functional groups attached to an aromatic ring is 1. The first-order valence-electron chi connectivity index (χ1n) is 5.74. The van der Waals surface area contributed by atoms with Crippen LogP contribution in [0.15, 0.2) is 18.3 Å². The van der Waals surface area contributed by atoms with Gasteiger partial charge in [0.15, 0.2) is 0 Å². The third-order valence-corrected chi connectivity index (χ3v) is 3.10. The second-order valence-electron chi connectivity index (χ2n) is 4.20. The van der Waals surface area contributed by atoms with Crippen LogP contribution >= 0.6 is 0 Å². The quantitative estimate of drug-likeness (QED) is 0.827. The number of hydrogen-bond acceptors (Lipinski definition) is 4. The zero-order chi connectivity index (χ0) is 12.3. The molecule has 0 aliphatic carbocycles. The molecular weight excluding hydrogens is 218 g/mol. The second kappa shape index (κ2) is 5.14. The fourth-order valence-corrected chi connectivity index (χ4v) is 2.01. The van der Waals surface area contributed by atoms with Crippen molar-refractivity contribution >= 4 is 11.7 Å². The Morgan fingerprint density at radius 1 is 1.47 bits per heavy atom. The largest absolute Gasteiger partial charge is 0.384 e. The van der Waals surface area contributed by atoms with Crippen LogP contribution in [0.1, 0.15) is 23.2 Å². The van der Waals surface area contributed by atoms with Gasteiger partial charge < -0.3 is 15.4 Å². The minimum Gasteiger partial charge on any atom is -0.384 e. The molecule has 92 valence electrons. The summed E-state index contributed by atoms with van der Waals surface area (Å²) in [5.41, 5.74) is 6.08. The number of piperidine rings is 1. The Labute approximate surface area is 101 Å². The second-order valence-corrected chi connectivity index (χ2v) is 4.20. The lowest BCUT2D eigenvalue weighted by molar-refractivity contribution is 0.0350. The third kappa shape index (κ3) is 2.74. The SMILES string of the molecule is COC1CCN(C(=O)c2ccc(N)nc2)CC1. The number of aromatic nitrogens is 1. The smallest absolute Gasteiger partial charge is 0.255 e. The molecule has 0 bridgehead atoms. The highest BCUT2D eigenvalue weighted by molar-refractivity contribution is 5.94. The van der Waals surface area contributed by atoms with Gasteiger partial charge >= 0.3 is 0 Å². The Morgan fingerprint density at radius 2 is 2.18 bits per heavy atom. The van der Waals surface area contributed by atoms with Gasteiger partial charge in [-0.2, -0.15) is 0 Å². The summed E-state index contributed by atoms with van der Waals surface area (Å²) in [6.45, 7) is 1.48. The average molecular weight is 235 g/mol. The zero-order valence-electron chi connectivity index (χ0n) is 9.93. The van der Waals surface area contributed by atoms with E-state index in [0.717, 1.165) is 25.9 Å². The normalized spacial score (nSPS) is 17.1. The fourth-order valence-electron chi connectivity index (χ4n) is 2.01. The molecule has 17 heavy (non-hydrogen) atoms. The number of rotatable bonds is 2. The molecule has 1 aliphatic heterocycles. The van der Waals surface area contributed by atoms with Crippen molar-refractivity contribution in [2.45, 2.75) is 18.9 Å². The number of pyridine rings is 1. The Balaban J connectivity index is 1.99. The monoisotopic (exact) mass is 235 g/mol. The van der Waals surface area contributed by atoms with E-state index in [0.29, 0.717) is 11.4 Å². The van der Waals surface area contributed by atoms with Crippen molar-refractivity contribution < 1.29 is 9.53 Å². The predicted octanol–water partition coefficient (Wildman–Crippen LogP) is 0.915. The molecule has 0 unspecified atom stereocenters. The molecule has 1 aromatic heterocycles. The van der Waals surface area contributed by atoms with E-state index in [1.165, 1.54) is 6.20 Å². The summed E-state index contributed by atoms with van der Waals surface area (Å²) in [5, 5.41) is 0. The fraction of sp³-hybridized carbons (Fsp3) is 0.500. The van der Waals surface area contributed by atoms with Crippen LogP contribution in [0.2, 0.25) is 0 Å². The van der Waals surface area contributed by atoms with Crippen molar-refractivity contribution in [2.75, 3.05) is 25.9 Å². The van der Waals surface area contributed by atoms with E-state index in [1.54, 1.807) is 19.2 Å². The van der Waals surface area contributed by atoms with E-state index in [9.17, 15) is 4.79 Å². The first-order valence-corrected chi connectivity index (χ1v) is 5.74. The van der Waals surface area contributed by atoms with Crippen molar-refractivity contribution in [3.63, 3.8) is 0 Å². The van der Waals surface area contributed by atoms with Crippen LogP contribution in [0.25, 0.3) is 0 Å². The van der Waals surface area contributed by atoms with Crippen LogP contribution in [-0.2, 0) is 4.74 Å². The molecule has 0 saturated carbocycles. The number of anilines is 1. The summed E-state index contributed by atoms with van der Waals surface area (Å²) in [4.78, 5) is 17.9. The van der Waals surface area contributed by atoms with E-state index >= 15 is 0 Å². The molecule has 0 radical (unpaired) electrons. The molecule has 5 heteroatoms. The number of methoxy groups -OCH3 is 1. The standard InChI is InChI=1S/C12H17N3O2/c1-17-10-4-6-15(7-5-10)12(16)9-2-3-11(13)14-8-9/h2-3,8,10H,4-7H2,1H3,(H2,13,14). The minimum atomic E-state index is 0.0204. The highest BCUT2D eigenvalue weighted by Crippen LogP contribution is 2.15. The zero-order valence-corrected chi connectivity index (χ0v) is 9.93. The van der Waals surface area contributed by atoms with Crippen molar-refractivity contribution in [1.82, 2.24) is 9.88 Å². The highest BCUT2D eigenvalue weighted by Gasteiger charge is 2.23. The first-order chi connectivity index (χ1) is 8.20. The number of likely N-dealkylation sites (tertiary alicyclic amines) is 1. The molecule has 0 aromatic carbocycles. The highest BCUT2D eigenvalue weighted by atomic mass is 16.5. The number of hydrogen-bond donors (Lipinski definition) is 1. The van der Waals surface area contributed by atoms with Gasteiger partial charge in [-0.1, -0.05) is 0 Å². The van der Waals surface area contributed by atoms with Gasteiger partial charge in [-0.05, 0) is 25.0 Å². The van der Waals surface area contributed by atoms with Crippen molar-refractivity contribution in [3.05, 3.63) is 23.9 Å². The van der Waals surface area contributed by atoms with Gasteiger partial charge in [0.25, 0.3) is 5.91 Å². The van der Waals surface area contributed by atoms with Crippen LogP contribution in [0.5, 0.6) is 0 Å². The summed E-state index contributed by atoms with van der Waals surface area (Å²) >= 11 is 0. The summed E-state index contributed by atoms with van der Waals surface area (Å²) in [5.74, 6) is 0.451. The maximum Gasteiger partial charge on any atom is 0.255 e. The van der Waals surface area contributed by atoms with Crippen molar-refractivity contribution in [3.8, 4) is 0 Å². The van der Waals surface area contributed by atoms with Crippen LogP contribution in [0.4, 0.5) is 5.82 Å². The number of amides is 1. The van der Waals surface area contributed by atoms with Crippen molar-refractivity contribution in [1.29, 1.82) is 0 Å². The van der Waals surface area contributed by atoms with Crippen LogP contribution in [-0.4, -0.2) is 42.1 Å². The van der Waals surface area contributed by atoms with E-state index in [4.69, 9.17) is 10.5 Å². The lowest BCUT2D eigenvalue weighted by atomic mass is 10.1. The number of carbonyl (C=O) groups is 1. The van der Waals surface area contributed by atoms with Gasteiger partial charge in [0.1, 0.15) is 5.82 Å². The van der Waals surface area contributed by atoms with E-state index in [2.05, 4.69) is 4.98 Å². The molecule has 0 spiro atoms. The summed E-state index contributed by atoms with van der Waals surface area (Å²) in [7, 11) is 1.71. The molecule has 1 aromatic rings. The molecule has 0 atom stereocenters. The maximum atomic E-state index is 12.1. The van der Waals surface area contributed by atoms with E-state index in [-0.39, 0.29) is 12.0 Å². The Bertz CT molecular complexity index is 383. The van der Waals surface area contributed by atoms with Crippen LogP contribution in [0.3, 0.4) is 0 Å². The van der Waals surface area contributed by atoms with Gasteiger partial charge in [0.2, 0.25) is 0 Å². The number of carbonyl (C=O) groups excluding carboxylic acids is 1. The molecule has 1 amide bonds. The number of ether oxygens (including phenoxy) is 1. The Kier molecular flexibility index (Phi) is 3.58.